The molecule has 1 amide bonds. The number of aromatic nitrogens is 2. The average molecular weight is 275 g/mol. The molecule has 0 fully saturated rings. The topological polar surface area (TPSA) is 54.9 Å². The fraction of sp³-hybridized carbons (Fsp3) is 0.357. The monoisotopic (exact) mass is 275 g/mol. The zero-order chi connectivity index (χ0) is 13.9. The molecule has 100 valence electrons. The first-order valence-electron chi connectivity index (χ1n) is 6.09. The number of nitrogens with one attached hydrogen (secondary N) is 1. The molecule has 4 nitrogen and oxygen atoms in total. The number of carbonyl (C=O) groups is 1. The molecule has 2 heterocycles. The van der Waals surface area contributed by atoms with Gasteiger partial charge in [0.25, 0.3) is 0 Å². The molecule has 0 radical (unpaired) electrons. The lowest BCUT2D eigenvalue weighted by Gasteiger charge is -2.17. The zero-order valence-corrected chi connectivity index (χ0v) is 12.1. The number of thiophene rings is 1. The summed E-state index contributed by atoms with van der Waals surface area (Å²) in [5.41, 5.74) is 2.26. The van der Waals surface area contributed by atoms with Crippen LogP contribution in [0.3, 0.4) is 0 Å². The van der Waals surface area contributed by atoms with Crippen LogP contribution in [0.25, 0.3) is 11.3 Å². The van der Waals surface area contributed by atoms with Crippen LogP contribution >= 0.6 is 11.3 Å². The van der Waals surface area contributed by atoms with Crippen molar-refractivity contribution in [3.63, 3.8) is 0 Å². The molecule has 0 saturated carbocycles. The molecule has 2 aromatic heterocycles. The number of hydrogen-bond donors (Lipinski definition) is 1. The maximum atomic E-state index is 11.9. The fourth-order valence-electron chi connectivity index (χ4n) is 1.57. The summed E-state index contributed by atoms with van der Waals surface area (Å²) in [6, 6.07) is 2.00. The lowest BCUT2D eigenvalue weighted by molar-refractivity contribution is -0.128. The van der Waals surface area contributed by atoms with Crippen LogP contribution in [0.15, 0.2) is 29.2 Å². The summed E-state index contributed by atoms with van der Waals surface area (Å²) in [7, 11) is 0. The summed E-state index contributed by atoms with van der Waals surface area (Å²) < 4.78 is 0. The number of carbonyl (C=O) groups excluding carboxylic acids is 1. The third kappa shape index (κ3) is 3.38. The number of hydrogen-bond acceptors (Lipinski definition) is 4. The van der Waals surface area contributed by atoms with E-state index in [0.29, 0.717) is 6.54 Å². The smallest absolute Gasteiger partial charge is 0.225 e. The van der Waals surface area contributed by atoms with Crippen molar-refractivity contribution in [3.8, 4) is 11.3 Å². The first kappa shape index (κ1) is 13.7. The predicted octanol–water partition coefficient (Wildman–Crippen LogP) is 2.87. The molecule has 0 aliphatic carbocycles. The quantitative estimate of drug-likeness (QED) is 0.937. The molecular formula is C14H17N3OS. The second-order valence-corrected chi connectivity index (χ2v) is 6.08. The van der Waals surface area contributed by atoms with Crippen molar-refractivity contribution < 1.29 is 4.79 Å². The third-order valence-corrected chi connectivity index (χ3v) is 3.35. The standard InChI is InChI=1S/C14H17N3OS/c1-14(2,3)13(18)17-8-11-12(16-6-5-15-11)10-4-7-19-9-10/h4-7,9H,8H2,1-3H3,(H,17,18). The Morgan fingerprint density at radius 3 is 2.68 bits per heavy atom. The minimum absolute atomic E-state index is 0.00872. The SMILES string of the molecule is CC(C)(C)C(=O)NCc1nccnc1-c1ccsc1. The number of amides is 1. The van der Waals surface area contributed by atoms with Gasteiger partial charge < -0.3 is 5.32 Å². The van der Waals surface area contributed by atoms with Gasteiger partial charge in [-0.25, -0.2) is 0 Å². The molecule has 19 heavy (non-hydrogen) atoms. The second-order valence-electron chi connectivity index (χ2n) is 5.30. The van der Waals surface area contributed by atoms with E-state index < -0.39 is 5.41 Å². The van der Waals surface area contributed by atoms with Crippen LogP contribution in [0.2, 0.25) is 0 Å². The summed E-state index contributed by atoms with van der Waals surface area (Å²) in [5.74, 6) is 0.00872. The molecule has 0 atom stereocenters. The van der Waals surface area contributed by atoms with Crippen molar-refractivity contribution in [2.75, 3.05) is 0 Å². The first-order chi connectivity index (χ1) is 8.98. The van der Waals surface area contributed by atoms with E-state index in [1.165, 1.54) is 0 Å². The molecule has 0 aliphatic rings. The molecule has 1 N–H and O–H groups in total. The molecule has 0 aromatic carbocycles. The minimum Gasteiger partial charge on any atom is -0.350 e. The highest BCUT2D eigenvalue weighted by Crippen LogP contribution is 2.22. The normalized spacial score (nSPS) is 11.3. The van der Waals surface area contributed by atoms with Crippen LogP contribution in [-0.2, 0) is 11.3 Å². The Labute approximate surface area is 116 Å². The van der Waals surface area contributed by atoms with Crippen molar-refractivity contribution in [2.45, 2.75) is 27.3 Å². The molecule has 5 heteroatoms. The second kappa shape index (κ2) is 5.48. The van der Waals surface area contributed by atoms with Crippen LogP contribution in [0.5, 0.6) is 0 Å². The van der Waals surface area contributed by atoms with Gasteiger partial charge in [0.2, 0.25) is 5.91 Å². The average Bonchev–Trinajstić information content (AvgIpc) is 2.88. The van der Waals surface area contributed by atoms with E-state index >= 15 is 0 Å². The summed E-state index contributed by atoms with van der Waals surface area (Å²) >= 11 is 1.62. The Bertz CT molecular complexity index is 558. The highest BCUT2D eigenvalue weighted by Gasteiger charge is 2.21. The predicted molar refractivity (Wildman–Crippen MR) is 76.6 cm³/mol. The molecule has 0 aliphatic heterocycles. The van der Waals surface area contributed by atoms with Gasteiger partial charge in [-0.1, -0.05) is 20.8 Å². The summed E-state index contributed by atoms with van der Waals surface area (Å²) in [5, 5.41) is 6.93. The Morgan fingerprint density at radius 2 is 2.05 bits per heavy atom. The van der Waals surface area contributed by atoms with E-state index in [4.69, 9.17) is 0 Å². The lowest BCUT2D eigenvalue weighted by atomic mass is 9.96. The van der Waals surface area contributed by atoms with Crippen LogP contribution in [0.1, 0.15) is 26.5 Å². The molecule has 2 aromatic rings. The van der Waals surface area contributed by atoms with Gasteiger partial charge in [0.1, 0.15) is 0 Å². The third-order valence-electron chi connectivity index (χ3n) is 2.67. The lowest BCUT2D eigenvalue weighted by Crippen LogP contribution is -2.34. The van der Waals surface area contributed by atoms with Crippen molar-refractivity contribution in [2.24, 2.45) is 5.41 Å². The van der Waals surface area contributed by atoms with Gasteiger partial charge in [-0.05, 0) is 11.4 Å². The van der Waals surface area contributed by atoms with E-state index in [2.05, 4.69) is 15.3 Å². The highest BCUT2D eigenvalue weighted by molar-refractivity contribution is 7.08. The fourth-order valence-corrected chi connectivity index (χ4v) is 2.21. The van der Waals surface area contributed by atoms with Crippen LogP contribution in [0, 0.1) is 5.41 Å². The first-order valence-corrected chi connectivity index (χ1v) is 7.03. The summed E-state index contributed by atoms with van der Waals surface area (Å²) in [4.78, 5) is 20.5. The van der Waals surface area contributed by atoms with Crippen molar-refractivity contribution in [1.29, 1.82) is 0 Å². The molecule has 0 saturated heterocycles. The molecule has 0 unspecified atom stereocenters. The summed E-state index contributed by atoms with van der Waals surface area (Å²) in [6.07, 6.45) is 3.32. The van der Waals surface area contributed by atoms with Gasteiger partial charge in [0.05, 0.1) is 17.9 Å². The largest absolute Gasteiger partial charge is 0.350 e. The van der Waals surface area contributed by atoms with E-state index in [-0.39, 0.29) is 5.91 Å². The van der Waals surface area contributed by atoms with Crippen LogP contribution < -0.4 is 5.32 Å². The number of rotatable bonds is 3. The Kier molecular flexibility index (Phi) is 3.95. The van der Waals surface area contributed by atoms with E-state index in [9.17, 15) is 4.79 Å². The number of nitrogens with zero attached hydrogens (tertiary/aromatic N) is 2. The molecule has 2 rings (SSSR count). The van der Waals surface area contributed by atoms with E-state index in [1.54, 1.807) is 23.7 Å². The van der Waals surface area contributed by atoms with Gasteiger partial charge in [-0.15, -0.1) is 0 Å². The van der Waals surface area contributed by atoms with Gasteiger partial charge in [-0.3, -0.25) is 14.8 Å². The minimum atomic E-state index is -0.398. The van der Waals surface area contributed by atoms with Gasteiger partial charge in [-0.2, -0.15) is 11.3 Å². The molecular weight excluding hydrogens is 258 g/mol. The van der Waals surface area contributed by atoms with Gasteiger partial charge in [0, 0.05) is 28.8 Å². The highest BCUT2D eigenvalue weighted by atomic mass is 32.1. The maximum Gasteiger partial charge on any atom is 0.225 e. The Balaban J connectivity index is 2.16. The van der Waals surface area contributed by atoms with E-state index in [1.807, 2.05) is 37.6 Å². The zero-order valence-electron chi connectivity index (χ0n) is 11.3. The Hall–Kier alpha value is -1.75. The van der Waals surface area contributed by atoms with E-state index in [0.717, 1.165) is 17.0 Å². The van der Waals surface area contributed by atoms with Crippen molar-refractivity contribution in [1.82, 2.24) is 15.3 Å². The van der Waals surface area contributed by atoms with Gasteiger partial charge in [0.15, 0.2) is 0 Å². The molecule has 0 spiro atoms. The van der Waals surface area contributed by atoms with Crippen LogP contribution in [0.4, 0.5) is 0 Å². The van der Waals surface area contributed by atoms with Gasteiger partial charge >= 0.3 is 0 Å². The van der Waals surface area contributed by atoms with Crippen LogP contribution in [-0.4, -0.2) is 15.9 Å². The Morgan fingerprint density at radius 1 is 1.32 bits per heavy atom. The summed E-state index contributed by atoms with van der Waals surface area (Å²) in [6.45, 7) is 6.06. The molecule has 0 bridgehead atoms. The maximum absolute atomic E-state index is 11.9. The van der Waals surface area contributed by atoms with Crippen molar-refractivity contribution in [3.05, 3.63) is 34.9 Å². The van der Waals surface area contributed by atoms with Crippen molar-refractivity contribution >= 4 is 17.2 Å².